The quantitative estimate of drug-likeness (QED) is 0.411. The van der Waals surface area contributed by atoms with E-state index in [2.05, 4.69) is 31.9 Å². The molecule has 7 heteroatoms. The summed E-state index contributed by atoms with van der Waals surface area (Å²) in [4.78, 5) is 12.4. The molecule has 1 aliphatic carbocycles. The maximum Gasteiger partial charge on any atom is 0.310 e. The highest BCUT2D eigenvalue weighted by Gasteiger charge is 2.61. The van der Waals surface area contributed by atoms with Crippen molar-refractivity contribution in [2.75, 3.05) is 0 Å². The summed E-state index contributed by atoms with van der Waals surface area (Å²) >= 11 is 6.53. The van der Waals surface area contributed by atoms with E-state index in [4.69, 9.17) is 4.74 Å². The van der Waals surface area contributed by atoms with Crippen LogP contribution in [0.5, 0.6) is 0 Å². The molecule has 0 spiro atoms. The topological polar surface area (TPSA) is 26.3 Å². The number of hydrogen-bond donors (Lipinski definition) is 0. The molecule has 1 unspecified atom stereocenters. The Balaban J connectivity index is 1.82. The second kappa shape index (κ2) is 8.03. The second-order valence-corrected chi connectivity index (χ2v) is 10.0. The van der Waals surface area contributed by atoms with E-state index in [1.807, 2.05) is 19.9 Å². The monoisotopic (exact) mass is 516 g/mol. The van der Waals surface area contributed by atoms with E-state index in [0.29, 0.717) is 6.07 Å². The summed E-state index contributed by atoms with van der Waals surface area (Å²) in [6.07, 6.45) is 1.85. The lowest BCUT2D eigenvalue weighted by Gasteiger charge is -2.12. The average Bonchev–Trinajstić information content (AvgIpc) is 3.14. The van der Waals surface area contributed by atoms with Crippen LogP contribution in [0, 0.1) is 34.7 Å². The number of carbonyl (C=O) groups excluding carboxylic acids is 1. The van der Waals surface area contributed by atoms with E-state index < -0.39 is 41.5 Å². The van der Waals surface area contributed by atoms with Crippen LogP contribution in [0.3, 0.4) is 0 Å². The standard InChI is InChI=1S/C21H17Br2F3O2/c1-21(2)13(8-16(22)23)18(21)20(27)28-10-12-14(24)9-15(25)17(19(12)26)11-6-4-3-5-7-11/h3-9,13,18H,10H2,1-2H3/t13?,18-/m0/s1. The molecule has 1 saturated carbocycles. The van der Waals surface area contributed by atoms with Crippen molar-refractivity contribution in [2.24, 2.45) is 17.3 Å². The Morgan fingerprint density at radius 1 is 1.14 bits per heavy atom. The molecule has 0 bridgehead atoms. The van der Waals surface area contributed by atoms with Gasteiger partial charge in [-0.25, -0.2) is 13.2 Å². The highest BCUT2D eigenvalue weighted by molar-refractivity contribution is 9.28. The molecule has 0 heterocycles. The molecule has 0 radical (unpaired) electrons. The number of benzene rings is 2. The minimum Gasteiger partial charge on any atom is -0.460 e. The number of hydrogen-bond acceptors (Lipinski definition) is 2. The van der Waals surface area contributed by atoms with Gasteiger partial charge in [0.2, 0.25) is 0 Å². The van der Waals surface area contributed by atoms with E-state index in [0.717, 1.165) is 3.39 Å². The van der Waals surface area contributed by atoms with Gasteiger partial charge >= 0.3 is 5.97 Å². The lowest BCUT2D eigenvalue weighted by Crippen LogP contribution is -2.13. The predicted octanol–water partition coefficient (Wildman–Crippen LogP) is 6.72. The van der Waals surface area contributed by atoms with Crippen molar-refractivity contribution in [2.45, 2.75) is 20.5 Å². The molecule has 0 amide bonds. The number of rotatable bonds is 5. The van der Waals surface area contributed by atoms with Crippen LogP contribution in [-0.4, -0.2) is 5.97 Å². The van der Waals surface area contributed by atoms with Gasteiger partial charge in [-0.3, -0.25) is 4.79 Å². The number of halogens is 5. The van der Waals surface area contributed by atoms with Crippen LogP contribution < -0.4 is 0 Å². The van der Waals surface area contributed by atoms with Crippen molar-refractivity contribution in [1.29, 1.82) is 0 Å². The predicted molar refractivity (Wildman–Crippen MR) is 108 cm³/mol. The molecule has 0 saturated heterocycles. The fourth-order valence-electron chi connectivity index (χ4n) is 3.44. The number of esters is 1. The van der Waals surface area contributed by atoms with E-state index in [1.165, 1.54) is 12.1 Å². The van der Waals surface area contributed by atoms with Crippen LogP contribution in [0.25, 0.3) is 11.1 Å². The molecule has 1 aliphatic rings. The van der Waals surface area contributed by atoms with Gasteiger partial charge in [0.15, 0.2) is 0 Å². The third-order valence-corrected chi connectivity index (χ3v) is 5.69. The van der Waals surface area contributed by atoms with Crippen LogP contribution in [0.2, 0.25) is 0 Å². The molecule has 0 aromatic heterocycles. The molecule has 3 rings (SSSR count). The third kappa shape index (κ3) is 4.06. The smallest absolute Gasteiger partial charge is 0.310 e. The van der Waals surface area contributed by atoms with E-state index in [1.54, 1.807) is 18.2 Å². The molecule has 2 atom stereocenters. The minimum atomic E-state index is -1.09. The summed E-state index contributed by atoms with van der Waals surface area (Å²) in [6.45, 7) is 3.22. The van der Waals surface area contributed by atoms with Crippen molar-refractivity contribution in [3.05, 3.63) is 68.9 Å². The van der Waals surface area contributed by atoms with E-state index >= 15 is 0 Å². The highest BCUT2D eigenvalue weighted by atomic mass is 79.9. The van der Waals surface area contributed by atoms with Crippen LogP contribution in [0.15, 0.2) is 45.9 Å². The molecule has 2 aromatic rings. The molecule has 148 valence electrons. The van der Waals surface area contributed by atoms with Gasteiger partial charge in [-0.1, -0.05) is 50.3 Å². The van der Waals surface area contributed by atoms with Crippen molar-refractivity contribution in [1.82, 2.24) is 0 Å². The van der Waals surface area contributed by atoms with Gasteiger partial charge in [-0.05, 0) is 48.8 Å². The number of carbonyl (C=O) groups is 1. The first kappa shape index (κ1) is 21.1. The average molecular weight is 518 g/mol. The van der Waals surface area contributed by atoms with Gasteiger partial charge in [-0.15, -0.1) is 0 Å². The zero-order chi connectivity index (χ0) is 20.6. The van der Waals surface area contributed by atoms with Gasteiger partial charge < -0.3 is 4.74 Å². The van der Waals surface area contributed by atoms with Gasteiger partial charge in [0, 0.05) is 6.07 Å². The van der Waals surface area contributed by atoms with Crippen LogP contribution in [0.4, 0.5) is 13.2 Å². The Kier molecular flexibility index (Phi) is 6.05. The van der Waals surface area contributed by atoms with Crippen molar-refractivity contribution < 1.29 is 22.7 Å². The van der Waals surface area contributed by atoms with Crippen molar-refractivity contribution in [3.8, 4) is 11.1 Å². The van der Waals surface area contributed by atoms with Gasteiger partial charge in [0.05, 0.1) is 20.4 Å². The zero-order valence-electron chi connectivity index (χ0n) is 15.1. The maximum absolute atomic E-state index is 14.9. The zero-order valence-corrected chi connectivity index (χ0v) is 18.3. The summed E-state index contributed by atoms with van der Waals surface area (Å²) in [7, 11) is 0. The Morgan fingerprint density at radius 3 is 2.39 bits per heavy atom. The maximum atomic E-state index is 14.9. The Bertz CT molecular complexity index is 938. The van der Waals surface area contributed by atoms with Crippen molar-refractivity contribution >= 4 is 37.8 Å². The first-order valence-corrected chi connectivity index (χ1v) is 10.1. The number of allylic oxidation sites excluding steroid dienone is 1. The SMILES string of the molecule is CC1(C)C(C=C(Br)Br)[C@H]1C(=O)OCc1c(F)cc(F)c(-c2ccccc2)c1F. The molecule has 2 nitrogen and oxygen atoms in total. The summed E-state index contributed by atoms with van der Waals surface area (Å²) in [6, 6.07) is 8.63. The molecule has 1 fully saturated rings. The summed E-state index contributed by atoms with van der Waals surface area (Å²) in [5.41, 5.74) is -0.857. The Hall–Kier alpha value is -1.60. The first-order chi connectivity index (χ1) is 13.1. The largest absolute Gasteiger partial charge is 0.460 e. The van der Waals surface area contributed by atoms with Crippen molar-refractivity contribution in [3.63, 3.8) is 0 Å². The molecule has 0 aliphatic heterocycles. The minimum absolute atomic E-state index is 0.0588. The first-order valence-electron chi connectivity index (χ1n) is 8.55. The van der Waals surface area contributed by atoms with Gasteiger partial charge in [0.25, 0.3) is 0 Å². The summed E-state index contributed by atoms with van der Waals surface area (Å²) in [5.74, 6) is -4.18. The van der Waals surface area contributed by atoms with Gasteiger partial charge in [0.1, 0.15) is 24.1 Å². The van der Waals surface area contributed by atoms with Crippen LogP contribution in [-0.2, 0) is 16.1 Å². The highest BCUT2D eigenvalue weighted by Crippen LogP contribution is 2.60. The van der Waals surface area contributed by atoms with E-state index in [-0.39, 0.29) is 22.5 Å². The molecule has 0 N–H and O–H groups in total. The third-order valence-electron chi connectivity index (χ3n) is 5.16. The number of ether oxygens (including phenoxy) is 1. The van der Waals surface area contributed by atoms with E-state index in [9.17, 15) is 18.0 Å². The molecular formula is C21H17Br2F3O2. The Labute approximate surface area is 178 Å². The molecule has 28 heavy (non-hydrogen) atoms. The lowest BCUT2D eigenvalue weighted by atomic mass is 10.0. The van der Waals surface area contributed by atoms with Gasteiger partial charge in [-0.2, -0.15) is 0 Å². The lowest BCUT2D eigenvalue weighted by molar-refractivity contribution is -0.147. The Morgan fingerprint density at radius 2 is 1.79 bits per heavy atom. The molecular weight excluding hydrogens is 501 g/mol. The fraction of sp³-hybridized carbons (Fsp3) is 0.286. The second-order valence-electron chi connectivity index (χ2n) is 7.26. The fourth-order valence-corrected chi connectivity index (χ4v) is 4.01. The summed E-state index contributed by atoms with van der Waals surface area (Å²) < 4.78 is 49.1. The molecule has 2 aromatic carbocycles. The van der Waals surface area contributed by atoms with Crippen LogP contribution in [0.1, 0.15) is 19.4 Å². The normalized spacial score (nSPS) is 19.8. The summed E-state index contributed by atoms with van der Waals surface area (Å²) in [5, 5.41) is 0. The van der Waals surface area contributed by atoms with Crippen LogP contribution >= 0.6 is 31.9 Å².